The van der Waals surface area contributed by atoms with Gasteiger partial charge in [-0.15, -0.1) is 0 Å². The van der Waals surface area contributed by atoms with Gasteiger partial charge in [0.1, 0.15) is 0 Å². The average molecular weight is 230 g/mol. The first kappa shape index (κ1) is 9.36. The molecule has 78 valence electrons. The molecule has 0 bridgehead atoms. The van der Waals surface area contributed by atoms with Crippen molar-refractivity contribution in [2.24, 2.45) is 0 Å². The summed E-state index contributed by atoms with van der Waals surface area (Å²) in [6.45, 7) is 0. The van der Waals surface area contributed by atoms with Crippen LogP contribution in [0, 0.1) is 0 Å². The van der Waals surface area contributed by atoms with Gasteiger partial charge in [-0.05, 0) is 0 Å². The second-order valence-electron chi connectivity index (χ2n) is 3.45. The third kappa shape index (κ3) is 1.46. The van der Waals surface area contributed by atoms with Gasteiger partial charge in [0.15, 0.2) is 0 Å². The number of halogens is 1. The summed E-state index contributed by atoms with van der Waals surface area (Å²) in [6.07, 6.45) is 5.21. The van der Waals surface area contributed by atoms with Crippen LogP contribution in [-0.4, -0.2) is 14.4 Å². The predicted octanol–water partition coefficient (Wildman–Crippen LogP) is 3.05. The number of fused-ring (bicyclic) bond motifs is 1. The summed E-state index contributed by atoms with van der Waals surface area (Å²) in [4.78, 5) is 8.38. The highest BCUT2D eigenvalue weighted by Crippen LogP contribution is 2.20. The Balaban J connectivity index is 2.29. The smallest absolute Gasteiger partial charge is 0.234 e. The maximum atomic E-state index is 5.92. The highest BCUT2D eigenvalue weighted by molar-refractivity contribution is 6.30. The standard InChI is InChI=1S/C12H8ClN3/c13-10-6-14-12-15-7-11(16(12)8-10)9-4-2-1-3-5-9/h1-8H. The van der Waals surface area contributed by atoms with Gasteiger partial charge in [-0.1, -0.05) is 41.9 Å². The highest BCUT2D eigenvalue weighted by atomic mass is 35.5. The maximum Gasteiger partial charge on any atom is 0.234 e. The molecule has 16 heavy (non-hydrogen) atoms. The number of imidazole rings is 1. The third-order valence-corrected chi connectivity index (χ3v) is 2.60. The largest absolute Gasteiger partial charge is 0.282 e. The Morgan fingerprint density at radius 3 is 2.56 bits per heavy atom. The van der Waals surface area contributed by atoms with E-state index in [9.17, 15) is 0 Å². The molecule has 0 saturated heterocycles. The van der Waals surface area contributed by atoms with E-state index in [-0.39, 0.29) is 0 Å². The van der Waals surface area contributed by atoms with Crippen LogP contribution < -0.4 is 0 Å². The van der Waals surface area contributed by atoms with Crippen LogP contribution in [0.15, 0.2) is 48.9 Å². The van der Waals surface area contributed by atoms with E-state index >= 15 is 0 Å². The van der Waals surface area contributed by atoms with Crippen molar-refractivity contribution in [1.82, 2.24) is 14.4 Å². The van der Waals surface area contributed by atoms with Gasteiger partial charge < -0.3 is 0 Å². The van der Waals surface area contributed by atoms with E-state index in [1.54, 1.807) is 12.4 Å². The zero-order chi connectivity index (χ0) is 11.0. The number of benzene rings is 1. The first-order valence-electron chi connectivity index (χ1n) is 4.88. The van der Waals surface area contributed by atoms with Crippen molar-refractivity contribution in [1.29, 1.82) is 0 Å². The number of rotatable bonds is 1. The minimum atomic E-state index is 0.600. The van der Waals surface area contributed by atoms with Crippen LogP contribution in [-0.2, 0) is 0 Å². The lowest BCUT2D eigenvalue weighted by Gasteiger charge is -2.01. The Morgan fingerprint density at radius 2 is 1.75 bits per heavy atom. The van der Waals surface area contributed by atoms with Gasteiger partial charge in [-0.25, -0.2) is 9.97 Å². The molecule has 0 N–H and O–H groups in total. The van der Waals surface area contributed by atoms with E-state index < -0.39 is 0 Å². The molecule has 3 rings (SSSR count). The molecular formula is C12H8ClN3. The van der Waals surface area contributed by atoms with Crippen molar-refractivity contribution in [3.8, 4) is 11.3 Å². The van der Waals surface area contributed by atoms with Crippen molar-refractivity contribution in [3.05, 3.63) is 53.9 Å². The van der Waals surface area contributed by atoms with E-state index in [2.05, 4.69) is 9.97 Å². The molecule has 4 heteroatoms. The summed E-state index contributed by atoms with van der Waals surface area (Å²) >= 11 is 5.92. The topological polar surface area (TPSA) is 30.2 Å². The predicted molar refractivity (Wildman–Crippen MR) is 63.4 cm³/mol. The minimum absolute atomic E-state index is 0.600. The van der Waals surface area contributed by atoms with Crippen LogP contribution in [0.2, 0.25) is 5.02 Å². The lowest BCUT2D eigenvalue weighted by atomic mass is 10.2. The van der Waals surface area contributed by atoms with Gasteiger partial charge in [0.2, 0.25) is 5.78 Å². The van der Waals surface area contributed by atoms with Gasteiger partial charge in [-0.2, -0.15) is 0 Å². The Morgan fingerprint density at radius 1 is 1.00 bits per heavy atom. The molecule has 0 unspecified atom stereocenters. The number of nitrogens with zero attached hydrogens (tertiary/aromatic N) is 3. The zero-order valence-corrected chi connectivity index (χ0v) is 9.09. The summed E-state index contributed by atoms with van der Waals surface area (Å²) in [5, 5.41) is 0.600. The molecule has 1 aromatic carbocycles. The summed E-state index contributed by atoms with van der Waals surface area (Å²) in [6, 6.07) is 10.0. The first-order chi connectivity index (χ1) is 7.84. The molecule has 0 fully saturated rings. The van der Waals surface area contributed by atoms with E-state index in [1.807, 2.05) is 40.9 Å². The summed E-state index contributed by atoms with van der Waals surface area (Å²) in [7, 11) is 0. The Hall–Kier alpha value is -1.87. The fourth-order valence-corrected chi connectivity index (χ4v) is 1.82. The van der Waals surface area contributed by atoms with Crippen molar-refractivity contribution in [2.45, 2.75) is 0 Å². The minimum Gasteiger partial charge on any atom is -0.282 e. The molecule has 0 aliphatic carbocycles. The molecule has 0 radical (unpaired) electrons. The number of aromatic nitrogens is 3. The van der Waals surface area contributed by atoms with E-state index in [0.29, 0.717) is 10.8 Å². The SMILES string of the molecule is Clc1cnc2ncc(-c3ccccc3)n2c1. The second kappa shape index (κ2) is 3.61. The van der Waals surface area contributed by atoms with Crippen molar-refractivity contribution in [2.75, 3.05) is 0 Å². The third-order valence-electron chi connectivity index (χ3n) is 2.40. The maximum absolute atomic E-state index is 5.92. The van der Waals surface area contributed by atoms with E-state index in [4.69, 9.17) is 11.6 Å². The molecule has 0 saturated carbocycles. The lowest BCUT2D eigenvalue weighted by molar-refractivity contribution is 1.11. The number of hydrogen-bond acceptors (Lipinski definition) is 2. The summed E-state index contributed by atoms with van der Waals surface area (Å²) in [5.74, 6) is 0.656. The van der Waals surface area contributed by atoms with Crippen molar-refractivity contribution >= 4 is 17.4 Å². The van der Waals surface area contributed by atoms with Gasteiger partial charge in [0, 0.05) is 11.8 Å². The molecule has 0 atom stereocenters. The molecule has 2 aromatic heterocycles. The van der Waals surface area contributed by atoms with Crippen LogP contribution in [0.4, 0.5) is 0 Å². The van der Waals surface area contributed by atoms with Crippen molar-refractivity contribution < 1.29 is 0 Å². The molecule has 2 heterocycles. The number of hydrogen-bond donors (Lipinski definition) is 0. The van der Waals surface area contributed by atoms with E-state index in [0.717, 1.165) is 11.3 Å². The molecule has 3 nitrogen and oxygen atoms in total. The molecule has 0 amide bonds. The fourth-order valence-electron chi connectivity index (χ4n) is 1.67. The second-order valence-corrected chi connectivity index (χ2v) is 3.89. The van der Waals surface area contributed by atoms with Gasteiger partial charge in [0.25, 0.3) is 0 Å². The summed E-state index contributed by atoms with van der Waals surface area (Å²) in [5.41, 5.74) is 2.09. The van der Waals surface area contributed by atoms with Gasteiger partial charge in [-0.3, -0.25) is 4.40 Å². The molecule has 0 aliphatic heterocycles. The highest BCUT2D eigenvalue weighted by Gasteiger charge is 2.06. The van der Waals surface area contributed by atoms with Gasteiger partial charge in [0.05, 0.1) is 23.1 Å². The zero-order valence-electron chi connectivity index (χ0n) is 8.34. The monoisotopic (exact) mass is 229 g/mol. The Labute approximate surface area is 97.3 Å². The normalized spacial score (nSPS) is 10.8. The Bertz CT molecular complexity index is 631. The molecule has 3 aromatic rings. The van der Waals surface area contributed by atoms with Crippen LogP contribution in [0.5, 0.6) is 0 Å². The molecule has 0 spiro atoms. The van der Waals surface area contributed by atoms with Crippen LogP contribution in [0.25, 0.3) is 17.0 Å². The lowest BCUT2D eigenvalue weighted by Crippen LogP contribution is -1.90. The first-order valence-corrected chi connectivity index (χ1v) is 5.26. The Kier molecular flexibility index (Phi) is 2.11. The summed E-state index contributed by atoms with van der Waals surface area (Å²) < 4.78 is 1.89. The van der Waals surface area contributed by atoms with Crippen LogP contribution >= 0.6 is 11.6 Å². The molecular weight excluding hydrogens is 222 g/mol. The quantitative estimate of drug-likeness (QED) is 0.642. The van der Waals surface area contributed by atoms with Gasteiger partial charge >= 0.3 is 0 Å². The van der Waals surface area contributed by atoms with Crippen LogP contribution in [0.1, 0.15) is 0 Å². The van der Waals surface area contributed by atoms with Crippen molar-refractivity contribution in [3.63, 3.8) is 0 Å². The fraction of sp³-hybridized carbons (Fsp3) is 0. The molecule has 0 aliphatic rings. The van der Waals surface area contributed by atoms with Crippen LogP contribution in [0.3, 0.4) is 0 Å². The average Bonchev–Trinajstić information content (AvgIpc) is 2.73. The van der Waals surface area contributed by atoms with E-state index in [1.165, 1.54) is 0 Å².